The summed E-state index contributed by atoms with van der Waals surface area (Å²) >= 11 is 0. The number of allylic oxidation sites excluding steroid dienone is 2. The van der Waals surface area contributed by atoms with E-state index >= 15 is 0 Å². The number of aryl methyl sites for hydroxylation is 1. The fraction of sp³-hybridized carbons (Fsp3) is 0.222. The second kappa shape index (κ2) is 6.50. The Morgan fingerprint density at radius 1 is 1.03 bits per heavy atom. The maximum absolute atomic E-state index is 9.33. The second-order valence-electron chi connectivity index (χ2n) is 8.43. The third-order valence-corrected chi connectivity index (χ3v) is 6.96. The molecule has 1 aliphatic heterocycles. The van der Waals surface area contributed by atoms with Crippen molar-refractivity contribution in [1.29, 1.82) is 5.26 Å². The van der Waals surface area contributed by atoms with E-state index in [-0.39, 0.29) is 6.04 Å². The first-order valence-corrected chi connectivity index (χ1v) is 10.8. The van der Waals surface area contributed by atoms with Crippen molar-refractivity contribution in [3.8, 4) is 6.07 Å². The molecule has 0 saturated carbocycles. The topological polar surface area (TPSA) is 40.8 Å². The summed E-state index contributed by atoms with van der Waals surface area (Å²) in [6.45, 7) is 3.18. The van der Waals surface area contributed by atoms with Gasteiger partial charge in [-0.05, 0) is 66.8 Å². The minimum absolute atomic E-state index is 0.263. The Bertz CT molecular complexity index is 1370. The Labute approximate surface area is 176 Å². The zero-order valence-electron chi connectivity index (χ0n) is 17.0. The average Bonchev–Trinajstić information content (AvgIpc) is 3.41. The van der Waals surface area contributed by atoms with Crippen molar-refractivity contribution in [3.05, 3.63) is 89.5 Å². The first kappa shape index (κ1) is 17.4. The van der Waals surface area contributed by atoms with Crippen LogP contribution in [0, 0.1) is 17.2 Å². The molecule has 146 valence electrons. The Kier molecular flexibility index (Phi) is 3.76. The standard InChI is InChI=1S/C27H23N3/c1-2-30-25-9-4-3-6-20(25)23-15-18(11-13-26(23)30)27-21-8-5-7-19(21)22-14-17(16-28)10-12-24(22)29-27/h3-7,9-15,19,21,27,29H,2,8H2,1H3. The fourth-order valence-electron chi connectivity index (χ4n) is 5.60. The molecule has 3 heteroatoms. The van der Waals surface area contributed by atoms with E-state index in [2.05, 4.69) is 89.6 Å². The lowest BCUT2D eigenvalue weighted by atomic mass is 9.76. The van der Waals surface area contributed by atoms with Crippen molar-refractivity contribution in [2.45, 2.75) is 31.8 Å². The van der Waals surface area contributed by atoms with Gasteiger partial charge in [0.2, 0.25) is 0 Å². The van der Waals surface area contributed by atoms with Crippen molar-refractivity contribution in [2.24, 2.45) is 5.92 Å². The number of para-hydroxylation sites is 1. The number of benzene rings is 3. The van der Waals surface area contributed by atoms with Crippen LogP contribution in [0.3, 0.4) is 0 Å². The minimum Gasteiger partial charge on any atom is -0.378 e. The molecule has 3 aromatic carbocycles. The Morgan fingerprint density at radius 2 is 1.90 bits per heavy atom. The number of fused-ring (bicyclic) bond motifs is 6. The monoisotopic (exact) mass is 389 g/mol. The molecule has 30 heavy (non-hydrogen) atoms. The van der Waals surface area contributed by atoms with E-state index in [4.69, 9.17) is 0 Å². The Hall–Kier alpha value is -3.51. The number of nitrogens with one attached hydrogen (secondary N) is 1. The van der Waals surface area contributed by atoms with Crippen molar-refractivity contribution in [1.82, 2.24) is 4.57 Å². The van der Waals surface area contributed by atoms with E-state index in [1.54, 1.807) is 0 Å². The van der Waals surface area contributed by atoms with Gasteiger partial charge in [-0.3, -0.25) is 0 Å². The van der Waals surface area contributed by atoms with Crippen LogP contribution in [0.5, 0.6) is 0 Å². The predicted octanol–water partition coefficient (Wildman–Crippen LogP) is 6.51. The predicted molar refractivity (Wildman–Crippen MR) is 123 cm³/mol. The van der Waals surface area contributed by atoms with E-state index in [1.807, 2.05) is 6.07 Å². The van der Waals surface area contributed by atoms with Gasteiger partial charge in [-0.1, -0.05) is 36.4 Å². The van der Waals surface area contributed by atoms with Crippen LogP contribution in [0.25, 0.3) is 21.8 Å². The third-order valence-electron chi connectivity index (χ3n) is 6.96. The largest absolute Gasteiger partial charge is 0.378 e. The molecule has 2 aliphatic rings. The van der Waals surface area contributed by atoms with Gasteiger partial charge in [0.05, 0.1) is 17.7 Å². The number of nitrogens with zero attached hydrogens (tertiary/aromatic N) is 2. The van der Waals surface area contributed by atoms with Crippen LogP contribution in [-0.2, 0) is 6.54 Å². The lowest BCUT2D eigenvalue weighted by molar-refractivity contribution is 0.426. The zero-order valence-corrected chi connectivity index (χ0v) is 17.0. The van der Waals surface area contributed by atoms with Crippen LogP contribution < -0.4 is 5.32 Å². The van der Waals surface area contributed by atoms with E-state index in [9.17, 15) is 5.26 Å². The van der Waals surface area contributed by atoms with Gasteiger partial charge in [-0.15, -0.1) is 0 Å². The van der Waals surface area contributed by atoms with Gasteiger partial charge in [-0.2, -0.15) is 5.26 Å². The van der Waals surface area contributed by atoms with Gasteiger partial charge in [0.25, 0.3) is 0 Å². The molecule has 1 aliphatic carbocycles. The van der Waals surface area contributed by atoms with Crippen LogP contribution >= 0.6 is 0 Å². The number of rotatable bonds is 2. The van der Waals surface area contributed by atoms with Gasteiger partial charge in [-0.25, -0.2) is 0 Å². The molecular formula is C27H23N3. The van der Waals surface area contributed by atoms with Gasteiger partial charge < -0.3 is 9.88 Å². The molecule has 0 radical (unpaired) electrons. The molecule has 0 fully saturated rings. The molecule has 0 saturated heterocycles. The summed E-state index contributed by atoms with van der Waals surface area (Å²) in [5, 5.41) is 15.8. The van der Waals surface area contributed by atoms with Crippen LogP contribution in [0.2, 0.25) is 0 Å². The summed E-state index contributed by atoms with van der Waals surface area (Å²) in [4.78, 5) is 0. The fourth-order valence-corrected chi connectivity index (χ4v) is 5.60. The van der Waals surface area contributed by atoms with Crippen LogP contribution in [0.1, 0.15) is 42.0 Å². The maximum atomic E-state index is 9.33. The highest BCUT2D eigenvalue weighted by molar-refractivity contribution is 6.08. The molecule has 1 aromatic heterocycles. The quantitative estimate of drug-likeness (QED) is 0.397. The summed E-state index contributed by atoms with van der Waals surface area (Å²) in [5.74, 6) is 0.843. The second-order valence-corrected chi connectivity index (χ2v) is 8.43. The number of aromatic nitrogens is 1. The van der Waals surface area contributed by atoms with Crippen molar-refractivity contribution in [2.75, 3.05) is 5.32 Å². The molecule has 2 heterocycles. The van der Waals surface area contributed by atoms with Gasteiger partial charge in [0.15, 0.2) is 0 Å². The molecule has 4 aromatic rings. The molecule has 1 N–H and O–H groups in total. The Morgan fingerprint density at radius 3 is 2.77 bits per heavy atom. The first-order chi connectivity index (χ1) is 14.8. The third kappa shape index (κ3) is 2.37. The highest BCUT2D eigenvalue weighted by Crippen LogP contribution is 2.50. The van der Waals surface area contributed by atoms with Crippen molar-refractivity contribution < 1.29 is 0 Å². The summed E-state index contributed by atoms with van der Waals surface area (Å²) < 4.78 is 2.40. The molecule has 0 amide bonds. The summed E-state index contributed by atoms with van der Waals surface area (Å²) in [6.07, 6.45) is 5.70. The number of hydrogen-bond donors (Lipinski definition) is 1. The van der Waals surface area contributed by atoms with E-state index in [0.717, 1.165) is 24.2 Å². The molecule has 0 bridgehead atoms. The van der Waals surface area contributed by atoms with Gasteiger partial charge in [0, 0.05) is 40.0 Å². The van der Waals surface area contributed by atoms with E-state index in [0.29, 0.717) is 11.8 Å². The number of nitriles is 1. The number of hydrogen-bond acceptors (Lipinski definition) is 2. The lowest BCUT2D eigenvalue weighted by Gasteiger charge is -2.37. The average molecular weight is 390 g/mol. The van der Waals surface area contributed by atoms with Gasteiger partial charge >= 0.3 is 0 Å². The molecule has 3 nitrogen and oxygen atoms in total. The first-order valence-electron chi connectivity index (χ1n) is 10.8. The normalized spacial score (nSPS) is 21.9. The van der Waals surface area contributed by atoms with E-state index in [1.165, 1.54) is 32.9 Å². The molecular weight excluding hydrogens is 366 g/mol. The Balaban J connectivity index is 1.50. The van der Waals surface area contributed by atoms with Crippen molar-refractivity contribution in [3.63, 3.8) is 0 Å². The molecule has 3 atom stereocenters. The summed E-state index contributed by atoms with van der Waals surface area (Å²) in [7, 11) is 0. The maximum Gasteiger partial charge on any atom is 0.0991 e. The highest BCUT2D eigenvalue weighted by atomic mass is 15.0. The van der Waals surface area contributed by atoms with E-state index < -0.39 is 0 Å². The molecule has 6 rings (SSSR count). The van der Waals surface area contributed by atoms with Crippen LogP contribution in [0.15, 0.2) is 72.8 Å². The molecule has 0 spiro atoms. The lowest BCUT2D eigenvalue weighted by Crippen LogP contribution is -2.29. The summed E-state index contributed by atoms with van der Waals surface area (Å²) in [6, 6.07) is 24.3. The van der Waals surface area contributed by atoms with Crippen LogP contribution in [-0.4, -0.2) is 4.57 Å². The van der Waals surface area contributed by atoms with Gasteiger partial charge in [0.1, 0.15) is 0 Å². The smallest absolute Gasteiger partial charge is 0.0991 e. The highest BCUT2D eigenvalue weighted by Gasteiger charge is 2.38. The number of anilines is 1. The zero-order chi connectivity index (χ0) is 20.2. The summed E-state index contributed by atoms with van der Waals surface area (Å²) in [5.41, 5.74) is 7.10. The van der Waals surface area contributed by atoms with Crippen LogP contribution in [0.4, 0.5) is 5.69 Å². The SMILES string of the molecule is CCn1c2ccccc2c2cc(C3Nc4ccc(C#N)cc4C4C=CCC43)ccc21. The van der Waals surface area contributed by atoms with Crippen molar-refractivity contribution >= 4 is 27.5 Å². The minimum atomic E-state index is 0.263. The molecule has 3 unspecified atom stereocenters.